The summed E-state index contributed by atoms with van der Waals surface area (Å²) in [6.45, 7) is 1.94. The van der Waals surface area contributed by atoms with Crippen molar-refractivity contribution >= 4 is 17.3 Å². The van der Waals surface area contributed by atoms with Crippen molar-refractivity contribution in [2.24, 2.45) is 0 Å². The number of fused-ring (bicyclic) bond motifs is 1. The summed E-state index contributed by atoms with van der Waals surface area (Å²) in [5.41, 5.74) is 3.08. The Morgan fingerprint density at radius 3 is 2.67 bits per heavy atom. The Balaban J connectivity index is 1.73. The summed E-state index contributed by atoms with van der Waals surface area (Å²) in [6, 6.07) is 13.1. The van der Waals surface area contributed by atoms with Crippen LogP contribution in [-0.2, 0) is 0 Å². The fraction of sp³-hybridized carbons (Fsp3) is 0.0588. The predicted octanol–water partition coefficient (Wildman–Crippen LogP) is 2.84. The van der Waals surface area contributed by atoms with Gasteiger partial charge in [0, 0.05) is 24.3 Å². The Hall–Kier alpha value is -3.66. The molecule has 7 heteroatoms. The van der Waals surface area contributed by atoms with Crippen LogP contribution in [0.25, 0.3) is 11.3 Å². The highest BCUT2D eigenvalue weighted by Gasteiger charge is 2.11. The van der Waals surface area contributed by atoms with Crippen molar-refractivity contribution in [3.05, 3.63) is 66.4 Å². The maximum atomic E-state index is 8.85. The highest BCUT2D eigenvalue weighted by Crippen LogP contribution is 2.19. The fourth-order valence-corrected chi connectivity index (χ4v) is 2.52. The van der Waals surface area contributed by atoms with E-state index in [1.54, 1.807) is 22.8 Å². The van der Waals surface area contributed by atoms with Crippen molar-refractivity contribution in [2.45, 2.75) is 6.92 Å². The standard InChI is InChI=1S/C17H13N7/c1-12-19-8-10-23(12)15-3-2-9-24-16(15)21-17(22-24)20-14-6-4-13(11-18)5-7-14/h2-10H,1H3,(H,20,22). The number of hydrogen-bond donors (Lipinski definition) is 1. The van der Waals surface area contributed by atoms with Crippen LogP contribution in [0.2, 0.25) is 0 Å². The third-order valence-corrected chi connectivity index (χ3v) is 3.70. The number of hydrogen-bond acceptors (Lipinski definition) is 5. The van der Waals surface area contributed by atoms with E-state index in [1.807, 2.05) is 48.1 Å². The molecule has 0 saturated carbocycles. The second-order valence-electron chi connectivity index (χ2n) is 5.26. The summed E-state index contributed by atoms with van der Waals surface area (Å²) in [5, 5.41) is 16.5. The number of nitrogens with zero attached hydrogens (tertiary/aromatic N) is 6. The molecule has 4 rings (SSSR count). The highest BCUT2D eigenvalue weighted by molar-refractivity contribution is 5.63. The minimum Gasteiger partial charge on any atom is -0.323 e. The molecule has 0 fully saturated rings. The zero-order valence-corrected chi connectivity index (χ0v) is 12.9. The first-order valence-electron chi connectivity index (χ1n) is 7.37. The third kappa shape index (κ3) is 2.36. The van der Waals surface area contributed by atoms with Gasteiger partial charge in [0.05, 0.1) is 17.3 Å². The Morgan fingerprint density at radius 2 is 1.96 bits per heavy atom. The molecule has 7 nitrogen and oxygen atoms in total. The van der Waals surface area contributed by atoms with Crippen LogP contribution in [0.4, 0.5) is 11.6 Å². The molecule has 1 aromatic carbocycles. The molecule has 0 radical (unpaired) electrons. The van der Waals surface area contributed by atoms with Crippen LogP contribution in [0.1, 0.15) is 11.4 Å². The molecular formula is C17H13N7. The second-order valence-corrected chi connectivity index (χ2v) is 5.26. The average molecular weight is 315 g/mol. The molecule has 0 aliphatic carbocycles. The van der Waals surface area contributed by atoms with E-state index >= 15 is 0 Å². The van der Waals surface area contributed by atoms with E-state index in [9.17, 15) is 0 Å². The zero-order chi connectivity index (χ0) is 16.5. The van der Waals surface area contributed by atoms with Gasteiger partial charge in [0.2, 0.25) is 5.95 Å². The van der Waals surface area contributed by atoms with E-state index in [0.717, 1.165) is 22.8 Å². The second kappa shape index (κ2) is 5.52. The van der Waals surface area contributed by atoms with Gasteiger partial charge in [-0.25, -0.2) is 9.50 Å². The van der Waals surface area contributed by atoms with E-state index in [4.69, 9.17) is 5.26 Å². The normalized spacial score (nSPS) is 10.7. The first-order chi connectivity index (χ1) is 11.7. The van der Waals surface area contributed by atoms with E-state index < -0.39 is 0 Å². The molecule has 3 heterocycles. The van der Waals surface area contributed by atoms with Crippen molar-refractivity contribution in [3.8, 4) is 11.8 Å². The number of benzene rings is 1. The summed E-state index contributed by atoms with van der Waals surface area (Å²) in [4.78, 5) is 8.83. The minimum absolute atomic E-state index is 0.491. The summed E-state index contributed by atoms with van der Waals surface area (Å²) in [5.74, 6) is 1.37. The number of imidazole rings is 1. The van der Waals surface area contributed by atoms with Gasteiger partial charge in [-0.05, 0) is 43.3 Å². The van der Waals surface area contributed by atoms with Gasteiger partial charge in [-0.15, -0.1) is 5.10 Å². The smallest absolute Gasteiger partial charge is 0.247 e. The topological polar surface area (TPSA) is 83.8 Å². The molecular weight excluding hydrogens is 302 g/mol. The molecule has 116 valence electrons. The first kappa shape index (κ1) is 14.0. The Kier molecular flexibility index (Phi) is 3.21. The summed E-state index contributed by atoms with van der Waals surface area (Å²) < 4.78 is 3.69. The largest absolute Gasteiger partial charge is 0.323 e. The van der Waals surface area contributed by atoms with Crippen molar-refractivity contribution in [3.63, 3.8) is 0 Å². The lowest BCUT2D eigenvalue weighted by Crippen LogP contribution is -1.99. The molecule has 0 atom stereocenters. The average Bonchev–Trinajstić information content (AvgIpc) is 3.20. The van der Waals surface area contributed by atoms with Crippen LogP contribution in [0.5, 0.6) is 0 Å². The number of aryl methyl sites for hydroxylation is 1. The number of rotatable bonds is 3. The molecule has 3 aromatic heterocycles. The van der Waals surface area contributed by atoms with E-state index in [1.165, 1.54) is 0 Å². The fourth-order valence-electron chi connectivity index (χ4n) is 2.52. The van der Waals surface area contributed by atoms with Gasteiger partial charge in [0.25, 0.3) is 0 Å². The molecule has 4 aromatic rings. The van der Waals surface area contributed by atoms with Gasteiger partial charge >= 0.3 is 0 Å². The zero-order valence-electron chi connectivity index (χ0n) is 12.9. The number of nitriles is 1. The van der Waals surface area contributed by atoms with E-state index in [0.29, 0.717) is 11.5 Å². The summed E-state index contributed by atoms with van der Waals surface area (Å²) in [7, 11) is 0. The molecule has 1 N–H and O–H groups in total. The van der Waals surface area contributed by atoms with Gasteiger partial charge in [0.15, 0.2) is 5.65 Å². The first-order valence-corrected chi connectivity index (χ1v) is 7.37. The minimum atomic E-state index is 0.491. The summed E-state index contributed by atoms with van der Waals surface area (Å²) >= 11 is 0. The van der Waals surface area contributed by atoms with Crippen LogP contribution in [0.3, 0.4) is 0 Å². The molecule has 24 heavy (non-hydrogen) atoms. The lowest BCUT2D eigenvalue weighted by molar-refractivity contribution is 0.929. The molecule has 0 saturated heterocycles. The maximum absolute atomic E-state index is 8.85. The lowest BCUT2D eigenvalue weighted by atomic mass is 10.2. The van der Waals surface area contributed by atoms with E-state index in [-0.39, 0.29) is 0 Å². The molecule has 0 amide bonds. The monoisotopic (exact) mass is 315 g/mol. The molecule has 0 aliphatic heterocycles. The van der Waals surface area contributed by atoms with Crippen molar-refractivity contribution < 1.29 is 0 Å². The van der Waals surface area contributed by atoms with Gasteiger partial charge in [-0.1, -0.05) is 0 Å². The Morgan fingerprint density at radius 1 is 1.12 bits per heavy atom. The molecule has 0 aliphatic rings. The van der Waals surface area contributed by atoms with Crippen molar-refractivity contribution in [2.75, 3.05) is 5.32 Å². The van der Waals surface area contributed by atoms with Crippen LogP contribution in [0, 0.1) is 18.3 Å². The van der Waals surface area contributed by atoms with Crippen LogP contribution in [-0.4, -0.2) is 24.1 Å². The van der Waals surface area contributed by atoms with E-state index in [2.05, 4.69) is 26.5 Å². The summed E-state index contributed by atoms with van der Waals surface area (Å²) in [6.07, 6.45) is 5.50. The number of pyridine rings is 1. The Labute approximate surface area is 137 Å². The predicted molar refractivity (Wildman–Crippen MR) is 89.3 cm³/mol. The Bertz CT molecular complexity index is 1050. The molecule has 0 bridgehead atoms. The molecule has 0 spiro atoms. The van der Waals surface area contributed by atoms with Gasteiger partial charge < -0.3 is 9.88 Å². The van der Waals surface area contributed by atoms with Gasteiger partial charge in [-0.2, -0.15) is 10.2 Å². The third-order valence-electron chi connectivity index (χ3n) is 3.70. The van der Waals surface area contributed by atoms with Gasteiger partial charge in [-0.3, -0.25) is 0 Å². The lowest BCUT2D eigenvalue weighted by Gasteiger charge is -2.05. The number of aromatic nitrogens is 5. The SMILES string of the molecule is Cc1nccn1-c1cccn2nc(Nc3ccc(C#N)cc3)nc12. The highest BCUT2D eigenvalue weighted by atomic mass is 15.4. The molecule has 0 unspecified atom stereocenters. The van der Waals surface area contributed by atoms with Crippen molar-refractivity contribution in [1.29, 1.82) is 5.26 Å². The van der Waals surface area contributed by atoms with Crippen LogP contribution in [0.15, 0.2) is 55.0 Å². The van der Waals surface area contributed by atoms with Gasteiger partial charge in [0.1, 0.15) is 5.82 Å². The van der Waals surface area contributed by atoms with Crippen molar-refractivity contribution in [1.82, 2.24) is 24.1 Å². The number of nitrogens with one attached hydrogen (secondary N) is 1. The quantitative estimate of drug-likeness (QED) is 0.628. The van der Waals surface area contributed by atoms with Crippen LogP contribution < -0.4 is 5.32 Å². The number of anilines is 2. The van der Waals surface area contributed by atoms with Crippen LogP contribution >= 0.6 is 0 Å². The maximum Gasteiger partial charge on any atom is 0.247 e.